The molecule has 0 spiro atoms. The summed E-state index contributed by atoms with van der Waals surface area (Å²) in [5, 5.41) is 18.6. The number of rotatable bonds is 0. The fourth-order valence-electron chi connectivity index (χ4n) is 1.63. The first-order valence-corrected chi connectivity index (χ1v) is 4.49. The van der Waals surface area contributed by atoms with Crippen LogP contribution in [0.15, 0.2) is 18.2 Å². The van der Waals surface area contributed by atoms with Gasteiger partial charge in [-0.05, 0) is 42.5 Å². The average Bonchev–Trinajstić information content (AvgIpc) is 2.31. The number of benzene rings is 1. The van der Waals surface area contributed by atoms with E-state index in [4.69, 9.17) is 0 Å². The topological polar surface area (TPSA) is 40.5 Å². The van der Waals surface area contributed by atoms with Gasteiger partial charge in [-0.25, -0.2) is 0 Å². The molecule has 0 amide bonds. The Morgan fingerprint density at radius 1 is 1.08 bits per heavy atom. The second-order valence-electron chi connectivity index (χ2n) is 3.33. The molecule has 2 rings (SSSR count). The van der Waals surface area contributed by atoms with Crippen molar-refractivity contribution in [2.24, 2.45) is 0 Å². The zero-order chi connectivity index (χ0) is 9.26. The molecule has 0 heterocycles. The van der Waals surface area contributed by atoms with Gasteiger partial charge in [0.2, 0.25) is 0 Å². The lowest BCUT2D eigenvalue weighted by molar-refractivity contribution is 0.403. The van der Waals surface area contributed by atoms with Gasteiger partial charge in [-0.1, -0.05) is 12.2 Å². The molecule has 1 aromatic carbocycles. The first kappa shape index (κ1) is 8.17. The highest BCUT2D eigenvalue weighted by molar-refractivity contribution is 5.60. The standard InChI is InChI=1S/C11H12O2/c12-10-6-8-4-2-1-3-5-9(8)7-11(10)13/h2,4,6-7,12-13H,1,3,5H2. The monoisotopic (exact) mass is 176 g/mol. The molecule has 1 aliphatic rings. The van der Waals surface area contributed by atoms with Crippen molar-refractivity contribution in [2.75, 3.05) is 0 Å². The summed E-state index contributed by atoms with van der Waals surface area (Å²) in [4.78, 5) is 0. The van der Waals surface area contributed by atoms with Crippen molar-refractivity contribution in [2.45, 2.75) is 19.3 Å². The molecular weight excluding hydrogens is 164 g/mol. The van der Waals surface area contributed by atoms with E-state index in [0.717, 1.165) is 30.4 Å². The lowest BCUT2D eigenvalue weighted by atomic mass is 10.0. The van der Waals surface area contributed by atoms with Crippen LogP contribution in [-0.2, 0) is 6.42 Å². The van der Waals surface area contributed by atoms with Gasteiger partial charge in [0, 0.05) is 0 Å². The molecule has 2 nitrogen and oxygen atoms in total. The first-order chi connectivity index (χ1) is 6.27. The summed E-state index contributed by atoms with van der Waals surface area (Å²) in [5.41, 5.74) is 2.14. The molecule has 0 bridgehead atoms. The van der Waals surface area contributed by atoms with E-state index in [1.165, 1.54) is 0 Å². The van der Waals surface area contributed by atoms with Crippen molar-refractivity contribution in [3.05, 3.63) is 29.3 Å². The molecule has 0 fully saturated rings. The predicted octanol–water partition coefficient (Wildman–Crippen LogP) is 2.45. The van der Waals surface area contributed by atoms with E-state index in [2.05, 4.69) is 6.08 Å². The number of hydrogen-bond donors (Lipinski definition) is 2. The van der Waals surface area contributed by atoms with Gasteiger partial charge in [0.1, 0.15) is 0 Å². The Bertz CT molecular complexity index is 353. The van der Waals surface area contributed by atoms with Gasteiger partial charge in [0.15, 0.2) is 11.5 Å². The maximum atomic E-state index is 9.29. The number of phenolic OH excluding ortho intramolecular Hbond substituents is 2. The van der Waals surface area contributed by atoms with Gasteiger partial charge >= 0.3 is 0 Å². The molecule has 0 radical (unpaired) electrons. The van der Waals surface area contributed by atoms with Crippen LogP contribution in [0.3, 0.4) is 0 Å². The summed E-state index contributed by atoms with van der Waals surface area (Å²) in [6.07, 6.45) is 7.24. The lowest BCUT2D eigenvalue weighted by Crippen LogP contribution is -1.87. The summed E-state index contributed by atoms with van der Waals surface area (Å²) in [6.45, 7) is 0. The highest BCUT2D eigenvalue weighted by atomic mass is 16.3. The summed E-state index contributed by atoms with van der Waals surface area (Å²) >= 11 is 0. The molecule has 0 aliphatic heterocycles. The van der Waals surface area contributed by atoms with Crippen LogP contribution in [0.2, 0.25) is 0 Å². The largest absolute Gasteiger partial charge is 0.504 e. The molecule has 0 atom stereocenters. The molecule has 1 aliphatic carbocycles. The lowest BCUT2D eigenvalue weighted by Gasteiger charge is -2.05. The van der Waals surface area contributed by atoms with Gasteiger partial charge in [0.25, 0.3) is 0 Å². The smallest absolute Gasteiger partial charge is 0.158 e. The molecule has 13 heavy (non-hydrogen) atoms. The second-order valence-corrected chi connectivity index (χ2v) is 3.33. The Labute approximate surface area is 77.1 Å². The molecule has 0 unspecified atom stereocenters. The molecule has 68 valence electrons. The van der Waals surface area contributed by atoms with E-state index in [1.54, 1.807) is 12.1 Å². The summed E-state index contributed by atoms with van der Waals surface area (Å²) in [6, 6.07) is 3.27. The summed E-state index contributed by atoms with van der Waals surface area (Å²) < 4.78 is 0. The number of phenols is 2. The molecule has 2 heteroatoms. The van der Waals surface area contributed by atoms with E-state index < -0.39 is 0 Å². The van der Waals surface area contributed by atoms with Crippen molar-refractivity contribution in [1.82, 2.24) is 0 Å². The van der Waals surface area contributed by atoms with Crippen LogP contribution in [-0.4, -0.2) is 10.2 Å². The third-order valence-corrected chi connectivity index (χ3v) is 2.35. The minimum Gasteiger partial charge on any atom is -0.504 e. The van der Waals surface area contributed by atoms with Crippen molar-refractivity contribution >= 4 is 6.08 Å². The molecule has 0 saturated carbocycles. The quantitative estimate of drug-likeness (QED) is 0.596. The Morgan fingerprint density at radius 2 is 1.85 bits per heavy atom. The van der Waals surface area contributed by atoms with Crippen LogP contribution in [0.5, 0.6) is 11.5 Å². The van der Waals surface area contributed by atoms with Gasteiger partial charge < -0.3 is 10.2 Å². The van der Waals surface area contributed by atoms with E-state index in [1.807, 2.05) is 6.08 Å². The maximum Gasteiger partial charge on any atom is 0.158 e. The van der Waals surface area contributed by atoms with Gasteiger partial charge in [-0.2, -0.15) is 0 Å². The number of hydrogen-bond acceptors (Lipinski definition) is 2. The van der Waals surface area contributed by atoms with Crippen LogP contribution < -0.4 is 0 Å². The highest BCUT2D eigenvalue weighted by Crippen LogP contribution is 2.31. The van der Waals surface area contributed by atoms with Crippen LogP contribution in [0.25, 0.3) is 6.08 Å². The Balaban J connectivity index is 2.52. The van der Waals surface area contributed by atoms with Crippen molar-refractivity contribution in [3.63, 3.8) is 0 Å². The third-order valence-electron chi connectivity index (χ3n) is 2.35. The Kier molecular flexibility index (Phi) is 1.97. The van der Waals surface area contributed by atoms with Gasteiger partial charge in [-0.3, -0.25) is 0 Å². The van der Waals surface area contributed by atoms with E-state index in [9.17, 15) is 10.2 Å². The molecule has 0 saturated heterocycles. The molecule has 0 aromatic heterocycles. The average molecular weight is 176 g/mol. The maximum absolute atomic E-state index is 9.29. The number of aromatic hydroxyl groups is 2. The van der Waals surface area contributed by atoms with Crippen LogP contribution >= 0.6 is 0 Å². The molecule has 2 N–H and O–H groups in total. The minimum absolute atomic E-state index is 0.0194. The van der Waals surface area contributed by atoms with Crippen LogP contribution in [0.4, 0.5) is 0 Å². The van der Waals surface area contributed by atoms with Gasteiger partial charge in [0.05, 0.1) is 0 Å². The van der Waals surface area contributed by atoms with Crippen LogP contribution in [0.1, 0.15) is 24.0 Å². The Morgan fingerprint density at radius 3 is 2.69 bits per heavy atom. The van der Waals surface area contributed by atoms with Crippen molar-refractivity contribution < 1.29 is 10.2 Å². The predicted molar refractivity (Wildman–Crippen MR) is 51.7 cm³/mol. The number of fused-ring (bicyclic) bond motifs is 1. The highest BCUT2D eigenvalue weighted by Gasteiger charge is 2.07. The number of allylic oxidation sites excluding steroid dienone is 1. The zero-order valence-electron chi connectivity index (χ0n) is 7.33. The second kappa shape index (κ2) is 3.13. The van der Waals surface area contributed by atoms with E-state index >= 15 is 0 Å². The third kappa shape index (κ3) is 1.52. The van der Waals surface area contributed by atoms with E-state index in [0.29, 0.717) is 0 Å². The minimum atomic E-state index is -0.0368. The number of aryl methyl sites for hydroxylation is 1. The first-order valence-electron chi connectivity index (χ1n) is 4.49. The summed E-state index contributed by atoms with van der Waals surface area (Å²) in [7, 11) is 0. The fourth-order valence-corrected chi connectivity index (χ4v) is 1.63. The normalized spacial score (nSPS) is 15.1. The fraction of sp³-hybridized carbons (Fsp3) is 0.273. The Hall–Kier alpha value is -1.44. The zero-order valence-corrected chi connectivity index (χ0v) is 7.33. The van der Waals surface area contributed by atoms with Crippen LogP contribution in [0, 0.1) is 0 Å². The molecular formula is C11H12O2. The van der Waals surface area contributed by atoms with Gasteiger partial charge in [-0.15, -0.1) is 0 Å². The van der Waals surface area contributed by atoms with Crippen molar-refractivity contribution in [3.8, 4) is 11.5 Å². The molecule has 1 aromatic rings. The van der Waals surface area contributed by atoms with Crippen molar-refractivity contribution in [1.29, 1.82) is 0 Å². The summed E-state index contributed by atoms with van der Waals surface area (Å²) in [5.74, 6) is -0.0562. The SMILES string of the molecule is Oc1cc2c(cc1O)CCCC=C2. The van der Waals surface area contributed by atoms with E-state index in [-0.39, 0.29) is 11.5 Å².